The van der Waals surface area contributed by atoms with Gasteiger partial charge in [0.1, 0.15) is 0 Å². The highest BCUT2D eigenvalue weighted by Crippen LogP contribution is 2.44. The zero-order valence-electron chi connectivity index (χ0n) is 13.4. The van der Waals surface area contributed by atoms with Crippen molar-refractivity contribution < 1.29 is 9.59 Å². The van der Waals surface area contributed by atoms with Crippen molar-refractivity contribution >= 4 is 17.5 Å². The van der Waals surface area contributed by atoms with Crippen molar-refractivity contribution in [2.24, 2.45) is 17.6 Å². The van der Waals surface area contributed by atoms with E-state index in [-0.39, 0.29) is 12.5 Å². The van der Waals surface area contributed by atoms with Gasteiger partial charge in [0.25, 0.3) is 5.91 Å². The smallest absolute Gasteiger partial charge is 0.251 e. The number of nitrogens with one attached hydrogen (secondary N) is 2. The molecule has 2 atom stereocenters. The summed E-state index contributed by atoms with van der Waals surface area (Å²) in [7, 11) is 0. The molecule has 0 bridgehead atoms. The third-order valence-corrected chi connectivity index (χ3v) is 4.92. The van der Waals surface area contributed by atoms with Crippen LogP contribution in [0.5, 0.6) is 0 Å². The SMILES string of the molecule is NC(=O)CNC(=O)c1cccc(NC2CCCC(C3CC3)C2)c1. The van der Waals surface area contributed by atoms with E-state index in [0.717, 1.165) is 17.5 Å². The van der Waals surface area contributed by atoms with E-state index in [1.54, 1.807) is 6.07 Å². The molecule has 5 heteroatoms. The quantitative estimate of drug-likeness (QED) is 0.753. The monoisotopic (exact) mass is 315 g/mol. The summed E-state index contributed by atoms with van der Waals surface area (Å²) in [6, 6.07) is 7.94. The van der Waals surface area contributed by atoms with Gasteiger partial charge in [0.15, 0.2) is 0 Å². The average Bonchev–Trinajstić information content (AvgIpc) is 3.38. The molecule has 5 nitrogen and oxygen atoms in total. The van der Waals surface area contributed by atoms with Crippen LogP contribution < -0.4 is 16.4 Å². The van der Waals surface area contributed by atoms with Gasteiger partial charge >= 0.3 is 0 Å². The van der Waals surface area contributed by atoms with Gasteiger partial charge < -0.3 is 16.4 Å². The van der Waals surface area contributed by atoms with Gasteiger partial charge in [-0.3, -0.25) is 9.59 Å². The summed E-state index contributed by atoms with van der Waals surface area (Å²) in [5.41, 5.74) is 6.57. The first-order valence-corrected chi connectivity index (χ1v) is 8.55. The summed E-state index contributed by atoms with van der Waals surface area (Å²) < 4.78 is 0. The molecule has 4 N–H and O–H groups in total. The minimum atomic E-state index is -0.541. The molecule has 23 heavy (non-hydrogen) atoms. The molecular formula is C18H25N3O2. The molecule has 124 valence electrons. The van der Waals surface area contributed by atoms with E-state index in [2.05, 4.69) is 10.6 Å². The van der Waals surface area contributed by atoms with Crippen LogP contribution >= 0.6 is 0 Å². The lowest BCUT2D eigenvalue weighted by atomic mass is 9.82. The van der Waals surface area contributed by atoms with E-state index in [0.29, 0.717) is 11.6 Å². The van der Waals surface area contributed by atoms with Crippen LogP contribution in [-0.2, 0) is 4.79 Å². The normalized spacial score (nSPS) is 24.0. The van der Waals surface area contributed by atoms with Gasteiger partial charge in [-0.2, -0.15) is 0 Å². The number of hydrogen-bond donors (Lipinski definition) is 3. The molecule has 1 aromatic rings. The zero-order valence-corrected chi connectivity index (χ0v) is 13.4. The topological polar surface area (TPSA) is 84.2 Å². The van der Waals surface area contributed by atoms with Gasteiger partial charge in [-0.05, 0) is 55.7 Å². The van der Waals surface area contributed by atoms with Gasteiger partial charge in [0.05, 0.1) is 6.54 Å². The second kappa shape index (κ2) is 7.02. The third kappa shape index (κ3) is 4.47. The Labute approximate surface area is 137 Å². The average molecular weight is 315 g/mol. The van der Waals surface area contributed by atoms with Gasteiger partial charge in [-0.1, -0.05) is 18.9 Å². The molecule has 1 aromatic carbocycles. The van der Waals surface area contributed by atoms with Crippen molar-refractivity contribution in [3.63, 3.8) is 0 Å². The highest BCUT2D eigenvalue weighted by Gasteiger charge is 2.34. The first-order chi connectivity index (χ1) is 11.1. The molecule has 2 amide bonds. The van der Waals surface area contributed by atoms with Gasteiger partial charge in [-0.25, -0.2) is 0 Å². The summed E-state index contributed by atoms with van der Waals surface area (Å²) in [6.07, 6.45) is 7.92. The van der Waals surface area contributed by atoms with Crippen molar-refractivity contribution in [1.29, 1.82) is 0 Å². The van der Waals surface area contributed by atoms with E-state index in [4.69, 9.17) is 5.73 Å². The Morgan fingerprint density at radius 3 is 2.70 bits per heavy atom. The van der Waals surface area contributed by atoms with Crippen LogP contribution in [0.2, 0.25) is 0 Å². The van der Waals surface area contributed by atoms with Crippen molar-refractivity contribution in [2.75, 3.05) is 11.9 Å². The summed E-state index contributed by atoms with van der Waals surface area (Å²) in [5.74, 6) is 1.03. The molecule has 3 rings (SSSR count). The van der Waals surface area contributed by atoms with Crippen LogP contribution in [0.25, 0.3) is 0 Å². The lowest BCUT2D eigenvalue weighted by molar-refractivity contribution is -0.117. The Kier molecular flexibility index (Phi) is 4.84. The Morgan fingerprint density at radius 1 is 1.13 bits per heavy atom. The van der Waals surface area contributed by atoms with Crippen molar-refractivity contribution in [3.05, 3.63) is 29.8 Å². The van der Waals surface area contributed by atoms with Gasteiger partial charge in [0.2, 0.25) is 5.91 Å². The maximum Gasteiger partial charge on any atom is 0.251 e. The van der Waals surface area contributed by atoms with Crippen LogP contribution in [0.3, 0.4) is 0 Å². The molecule has 0 aliphatic heterocycles. The molecule has 0 heterocycles. The van der Waals surface area contributed by atoms with Gasteiger partial charge in [-0.15, -0.1) is 0 Å². The standard InChI is InChI=1S/C18H25N3O2/c19-17(22)11-20-18(23)14-4-2-6-16(10-14)21-15-5-1-3-13(9-15)12-7-8-12/h2,4,6,10,12-13,15,21H,1,3,5,7-9,11H2,(H2,19,22)(H,20,23). The lowest BCUT2D eigenvalue weighted by Gasteiger charge is -2.30. The predicted octanol–water partition coefficient (Wildman–Crippen LogP) is 2.28. The fourth-order valence-electron chi connectivity index (χ4n) is 3.61. The fourth-order valence-corrected chi connectivity index (χ4v) is 3.61. The number of anilines is 1. The van der Waals surface area contributed by atoms with E-state index >= 15 is 0 Å². The Hall–Kier alpha value is -2.04. The first kappa shape index (κ1) is 15.8. The Bertz CT molecular complexity index is 583. The molecule has 0 radical (unpaired) electrons. The molecule has 0 aromatic heterocycles. The van der Waals surface area contributed by atoms with Gasteiger partial charge in [0, 0.05) is 17.3 Å². The highest BCUT2D eigenvalue weighted by molar-refractivity contribution is 5.97. The maximum atomic E-state index is 12.0. The first-order valence-electron chi connectivity index (χ1n) is 8.55. The van der Waals surface area contributed by atoms with E-state index in [1.165, 1.54) is 38.5 Å². The second-order valence-corrected chi connectivity index (χ2v) is 6.84. The number of rotatable bonds is 6. The van der Waals surface area contributed by atoms with Crippen LogP contribution in [-0.4, -0.2) is 24.4 Å². The third-order valence-electron chi connectivity index (χ3n) is 4.92. The van der Waals surface area contributed by atoms with Crippen molar-refractivity contribution in [3.8, 4) is 0 Å². The molecule has 2 unspecified atom stereocenters. The number of nitrogens with two attached hydrogens (primary N) is 1. The van der Waals surface area contributed by atoms with Crippen LogP contribution in [0, 0.1) is 11.8 Å². The van der Waals surface area contributed by atoms with Crippen LogP contribution in [0.4, 0.5) is 5.69 Å². The summed E-state index contributed by atoms with van der Waals surface area (Å²) in [4.78, 5) is 22.7. The lowest BCUT2D eigenvalue weighted by Crippen LogP contribution is -2.33. The predicted molar refractivity (Wildman–Crippen MR) is 90.1 cm³/mol. The van der Waals surface area contributed by atoms with Crippen LogP contribution in [0.15, 0.2) is 24.3 Å². The fraction of sp³-hybridized carbons (Fsp3) is 0.556. The van der Waals surface area contributed by atoms with E-state index < -0.39 is 5.91 Å². The van der Waals surface area contributed by atoms with E-state index in [9.17, 15) is 9.59 Å². The molecule has 2 aliphatic carbocycles. The molecule has 2 fully saturated rings. The zero-order chi connectivity index (χ0) is 16.2. The number of benzene rings is 1. The van der Waals surface area contributed by atoms with Crippen molar-refractivity contribution in [2.45, 2.75) is 44.6 Å². The summed E-state index contributed by atoms with van der Waals surface area (Å²) in [6.45, 7) is -0.137. The molecule has 0 saturated heterocycles. The Morgan fingerprint density at radius 2 is 1.96 bits per heavy atom. The van der Waals surface area contributed by atoms with Crippen molar-refractivity contribution in [1.82, 2.24) is 5.32 Å². The molecule has 0 spiro atoms. The number of primary amides is 1. The number of amides is 2. The van der Waals surface area contributed by atoms with E-state index in [1.807, 2.05) is 18.2 Å². The molecule has 2 saturated carbocycles. The molecular weight excluding hydrogens is 290 g/mol. The summed E-state index contributed by atoms with van der Waals surface area (Å²) in [5, 5.41) is 6.10. The second-order valence-electron chi connectivity index (χ2n) is 6.84. The number of carbonyl (C=O) groups excluding carboxylic acids is 2. The molecule has 2 aliphatic rings. The summed E-state index contributed by atoms with van der Waals surface area (Å²) >= 11 is 0. The minimum Gasteiger partial charge on any atom is -0.382 e. The number of hydrogen-bond acceptors (Lipinski definition) is 3. The van der Waals surface area contributed by atoms with Crippen LogP contribution in [0.1, 0.15) is 48.9 Å². The highest BCUT2D eigenvalue weighted by atomic mass is 16.2. The number of carbonyl (C=O) groups is 2. The Balaban J connectivity index is 1.58. The minimum absolute atomic E-state index is 0.137. The largest absolute Gasteiger partial charge is 0.382 e. The maximum absolute atomic E-state index is 12.0.